The average Bonchev–Trinajstić information content (AvgIpc) is 2.35. The molecule has 1 aromatic heterocycles. The topological polar surface area (TPSA) is 85.9 Å². The van der Waals surface area contributed by atoms with Crippen LogP contribution in [0.15, 0.2) is 4.79 Å². The van der Waals surface area contributed by atoms with Gasteiger partial charge in [-0.05, 0) is 19.8 Å². The fourth-order valence-electron chi connectivity index (χ4n) is 1.12. The summed E-state index contributed by atoms with van der Waals surface area (Å²) in [5.74, 6) is -0.810. The maximum Gasteiger partial charge on any atom is 0.303 e. The van der Waals surface area contributed by atoms with Crippen LogP contribution in [-0.4, -0.2) is 21.3 Å². The van der Waals surface area contributed by atoms with E-state index in [4.69, 9.17) is 5.11 Å². The fraction of sp³-hybridized carbons (Fsp3) is 0.500. The summed E-state index contributed by atoms with van der Waals surface area (Å²) in [4.78, 5) is 21.1. The lowest BCUT2D eigenvalue weighted by molar-refractivity contribution is -0.137. The van der Waals surface area contributed by atoms with Gasteiger partial charge in [0.1, 0.15) is 0 Å². The molecule has 13 heavy (non-hydrogen) atoms. The fourth-order valence-corrected chi connectivity index (χ4v) is 1.12. The quantitative estimate of drug-likeness (QED) is 0.633. The van der Waals surface area contributed by atoms with E-state index in [0.717, 1.165) is 5.69 Å². The Labute approximate surface area is 74.8 Å². The molecule has 1 heterocycles. The molecule has 1 aromatic rings. The van der Waals surface area contributed by atoms with Crippen molar-refractivity contribution < 1.29 is 9.90 Å². The van der Waals surface area contributed by atoms with Crippen LogP contribution in [0.4, 0.5) is 0 Å². The van der Waals surface area contributed by atoms with Gasteiger partial charge in [-0.25, -0.2) is 0 Å². The molecule has 0 aliphatic heterocycles. The molecule has 0 saturated heterocycles. The minimum absolute atomic E-state index is 0.132. The van der Waals surface area contributed by atoms with Crippen LogP contribution in [0, 0.1) is 6.92 Å². The third-order valence-corrected chi connectivity index (χ3v) is 1.94. The largest absolute Gasteiger partial charge is 0.481 e. The molecule has 72 valence electrons. The van der Waals surface area contributed by atoms with Crippen LogP contribution in [0.25, 0.3) is 0 Å². The summed E-state index contributed by atoms with van der Waals surface area (Å²) < 4.78 is 0. The number of aryl methyl sites for hydroxylation is 1. The second kappa shape index (κ2) is 3.93. The molecule has 1 rings (SSSR count). The van der Waals surface area contributed by atoms with Gasteiger partial charge in [0.05, 0.1) is 0 Å². The van der Waals surface area contributed by atoms with Crippen molar-refractivity contribution in [2.45, 2.75) is 26.2 Å². The second-order valence-electron chi connectivity index (χ2n) is 2.93. The summed E-state index contributed by atoms with van der Waals surface area (Å²) in [6, 6.07) is 0. The number of hydrogen-bond donors (Lipinski definition) is 3. The van der Waals surface area contributed by atoms with E-state index in [9.17, 15) is 9.59 Å². The van der Waals surface area contributed by atoms with Gasteiger partial charge in [0.15, 0.2) is 0 Å². The molecule has 0 bridgehead atoms. The number of aromatic amines is 2. The van der Waals surface area contributed by atoms with Crippen LogP contribution in [0.3, 0.4) is 0 Å². The van der Waals surface area contributed by atoms with E-state index >= 15 is 0 Å². The van der Waals surface area contributed by atoms with Gasteiger partial charge in [-0.2, -0.15) is 0 Å². The molecule has 0 radical (unpaired) electrons. The van der Waals surface area contributed by atoms with Crippen molar-refractivity contribution in [2.24, 2.45) is 0 Å². The van der Waals surface area contributed by atoms with Crippen LogP contribution in [0.2, 0.25) is 0 Å². The lowest BCUT2D eigenvalue weighted by atomic mass is 10.1. The van der Waals surface area contributed by atoms with E-state index in [1.54, 1.807) is 6.92 Å². The molecule has 0 unspecified atom stereocenters. The second-order valence-corrected chi connectivity index (χ2v) is 2.93. The zero-order valence-corrected chi connectivity index (χ0v) is 7.39. The number of carboxylic acid groups (broad SMARTS) is 1. The summed E-state index contributed by atoms with van der Waals surface area (Å²) in [5, 5.41) is 13.6. The molecule has 0 aromatic carbocycles. The summed E-state index contributed by atoms with van der Waals surface area (Å²) in [7, 11) is 0. The average molecular weight is 184 g/mol. The number of carboxylic acids is 1. The molecule has 0 saturated carbocycles. The lowest BCUT2D eigenvalue weighted by Gasteiger charge is -1.95. The molecule has 0 fully saturated rings. The Balaban J connectivity index is 2.50. The standard InChI is InChI=1S/C8H12N2O3/c1-5-6(9-10-8(5)13)3-2-4-7(11)12/h2-4H2,1H3,(H,11,12)(H2,9,10,13). The Morgan fingerprint density at radius 3 is 2.62 bits per heavy atom. The van der Waals surface area contributed by atoms with E-state index in [0.29, 0.717) is 18.4 Å². The van der Waals surface area contributed by atoms with Crippen molar-refractivity contribution in [1.29, 1.82) is 0 Å². The van der Waals surface area contributed by atoms with E-state index in [2.05, 4.69) is 10.2 Å². The first-order valence-corrected chi connectivity index (χ1v) is 4.09. The van der Waals surface area contributed by atoms with Crippen molar-refractivity contribution in [1.82, 2.24) is 10.2 Å². The van der Waals surface area contributed by atoms with E-state index in [-0.39, 0.29) is 12.0 Å². The SMILES string of the molecule is Cc1c(CCCC(=O)O)[nH][nH]c1=O. The van der Waals surface area contributed by atoms with Crippen molar-refractivity contribution in [3.05, 3.63) is 21.6 Å². The molecule has 0 spiro atoms. The molecular formula is C8H12N2O3. The Kier molecular flexibility index (Phi) is 2.89. The van der Waals surface area contributed by atoms with Crippen molar-refractivity contribution in [3.63, 3.8) is 0 Å². The van der Waals surface area contributed by atoms with Gasteiger partial charge in [-0.1, -0.05) is 0 Å². The molecule has 0 amide bonds. The van der Waals surface area contributed by atoms with Crippen LogP contribution in [0.5, 0.6) is 0 Å². The molecule has 0 aliphatic rings. The normalized spacial score (nSPS) is 10.2. The molecule has 5 heteroatoms. The molecule has 0 atom stereocenters. The zero-order chi connectivity index (χ0) is 9.84. The van der Waals surface area contributed by atoms with Crippen LogP contribution < -0.4 is 5.56 Å². The van der Waals surface area contributed by atoms with Gasteiger partial charge in [-0.3, -0.25) is 14.7 Å². The van der Waals surface area contributed by atoms with Gasteiger partial charge in [-0.15, -0.1) is 0 Å². The predicted molar refractivity (Wildman–Crippen MR) is 46.7 cm³/mol. The van der Waals surface area contributed by atoms with Gasteiger partial charge < -0.3 is 10.2 Å². The van der Waals surface area contributed by atoms with Gasteiger partial charge in [0.25, 0.3) is 5.56 Å². The number of nitrogens with one attached hydrogen (secondary N) is 2. The molecule has 5 nitrogen and oxygen atoms in total. The van der Waals surface area contributed by atoms with Crippen LogP contribution in [0.1, 0.15) is 24.1 Å². The van der Waals surface area contributed by atoms with E-state index < -0.39 is 5.97 Å². The number of H-pyrrole nitrogens is 2. The first-order valence-electron chi connectivity index (χ1n) is 4.09. The Bertz CT molecular complexity index is 351. The van der Waals surface area contributed by atoms with Crippen LogP contribution in [-0.2, 0) is 11.2 Å². The van der Waals surface area contributed by atoms with Crippen molar-refractivity contribution in [3.8, 4) is 0 Å². The van der Waals surface area contributed by atoms with Gasteiger partial charge in [0, 0.05) is 17.7 Å². The minimum atomic E-state index is -0.810. The van der Waals surface area contributed by atoms with Crippen LogP contribution >= 0.6 is 0 Å². The van der Waals surface area contributed by atoms with Crippen molar-refractivity contribution >= 4 is 5.97 Å². The number of carbonyl (C=O) groups is 1. The third-order valence-electron chi connectivity index (χ3n) is 1.94. The molecule has 3 N–H and O–H groups in total. The summed E-state index contributed by atoms with van der Waals surface area (Å²) in [6.45, 7) is 1.71. The minimum Gasteiger partial charge on any atom is -0.481 e. The zero-order valence-electron chi connectivity index (χ0n) is 7.39. The lowest BCUT2D eigenvalue weighted by Crippen LogP contribution is -2.02. The Morgan fingerprint density at radius 2 is 2.15 bits per heavy atom. The third kappa shape index (κ3) is 2.47. The maximum absolute atomic E-state index is 10.9. The Hall–Kier alpha value is -1.52. The van der Waals surface area contributed by atoms with Crippen molar-refractivity contribution in [2.75, 3.05) is 0 Å². The van der Waals surface area contributed by atoms with Gasteiger partial charge >= 0.3 is 5.97 Å². The number of rotatable bonds is 4. The maximum atomic E-state index is 10.9. The van der Waals surface area contributed by atoms with Gasteiger partial charge in [0.2, 0.25) is 0 Å². The number of hydrogen-bond acceptors (Lipinski definition) is 2. The number of aromatic nitrogens is 2. The van der Waals surface area contributed by atoms with E-state index in [1.165, 1.54) is 0 Å². The monoisotopic (exact) mass is 184 g/mol. The highest BCUT2D eigenvalue weighted by Crippen LogP contribution is 2.03. The summed E-state index contributed by atoms with van der Waals surface area (Å²) in [5.41, 5.74) is 1.31. The first-order chi connectivity index (χ1) is 6.11. The highest BCUT2D eigenvalue weighted by Gasteiger charge is 2.05. The van der Waals surface area contributed by atoms with E-state index in [1.807, 2.05) is 0 Å². The summed E-state index contributed by atoms with van der Waals surface area (Å²) in [6.07, 6.45) is 1.27. The highest BCUT2D eigenvalue weighted by atomic mass is 16.4. The predicted octanol–water partition coefficient (Wildman–Crippen LogP) is 0.419. The molecular weight excluding hydrogens is 172 g/mol. The highest BCUT2D eigenvalue weighted by molar-refractivity contribution is 5.66. The summed E-state index contributed by atoms with van der Waals surface area (Å²) >= 11 is 0. The Morgan fingerprint density at radius 1 is 1.46 bits per heavy atom. The smallest absolute Gasteiger partial charge is 0.303 e. The number of aliphatic carboxylic acids is 1. The molecule has 0 aliphatic carbocycles. The first kappa shape index (κ1) is 9.57.